The number of ether oxygens (including phenoxy) is 1. The molecule has 3 heterocycles. The molecule has 1 saturated heterocycles. The lowest BCUT2D eigenvalue weighted by Gasteiger charge is -2.36. The molecule has 1 amide bonds. The van der Waals surface area contributed by atoms with Crippen LogP contribution in [0.25, 0.3) is 22.3 Å². The van der Waals surface area contributed by atoms with E-state index in [9.17, 15) is 9.18 Å². The molecular formula is C36H41FN6O2. The van der Waals surface area contributed by atoms with Crippen LogP contribution in [0.2, 0.25) is 0 Å². The van der Waals surface area contributed by atoms with Gasteiger partial charge in [0.1, 0.15) is 5.82 Å². The van der Waals surface area contributed by atoms with Crippen molar-refractivity contribution in [1.29, 1.82) is 0 Å². The summed E-state index contributed by atoms with van der Waals surface area (Å²) in [6, 6.07) is 22.3. The third-order valence-corrected chi connectivity index (χ3v) is 9.22. The van der Waals surface area contributed by atoms with E-state index in [-0.39, 0.29) is 29.4 Å². The highest BCUT2D eigenvalue weighted by molar-refractivity contribution is 5.99. The van der Waals surface area contributed by atoms with Crippen molar-refractivity contribution in [3.8, 4) is 22.3 Å². The second-order valence-electron chi connectivity index (χ2n) is 12.2. The molecule has 6 rings (SSSR count). The summed E-state index contributed by atoms with van der Waals surface area (Å²) in [6.45, 7) is 7.22. The van der Waals surface area contributed by atoms with Crippen LogP contribution in [0.15, 0.2) is 79.1 Å². The number of carbonyl (C=O) groups excluding carboxylic acids is 1. The first-order chi connectivity index (χ1) is 21.8. The van der Waals surface area contributed by atoms with Crippen LogP contribution in [0.4, 0.5) is 10.2 Å². The fourth-order valence-electron chi connectivity index (χ4n) is 6.27. The lowest BCUT2D eigenvalue weighted by Crippen LogP contribution is -2.45. The first-order valence-electron chi connectivity index (χ1n) is 15.8. The number of hydrogen-bond acceptors (Lipinski definition) is 7. The Bertz CT molecular complexity index is 1590. The van der Waals surface area contributed by atoms with Crippen molar-refractivity contribution in [3.63, 3.8) is 0 Å². The van der Waals surface area contributed by atoms with Gasteiger partial charge >= 0.3 is 0 Å². The molecule has 45 heavy (non-hydrogen) atoms. The number of nitrogens with one attached hydrogen (secondary N) is 1. The van der Waals surface area contributed by atoms with Crippen molar-refractivity contribution < 1.29 is 13.9 Å². The third-order valence-electron chi connectivity index (χ3n) is 9.22. The van der Waals surface area contributed by atoms with Crippen molar-refractivity contribution in [2.24, 2.45) is 0 Å². The lowest BCUT2D eigenvalue weighted by molar-refractivity contribution is 0.0272. The van der Waals surface area contributed by atoms with Gasteiger partial charge < -0.3 is 20.7 Å². The summed E-state index contributed by atoms with van der Waals surface area (Å²) >= 11 is 0. The number of benzene rings is 2. The van der Waals surface area contributed by atoms with Gasteiger partial charge in [0.15, 0.2) is 0 Å². The Morgan fingerprint density at radius 1 is 0.933 bits per heavy atom. The molecule has 1 unspecified atom stereocenters. The van der Waals surface area contributed by atoms with Gasteiger partial charge in [0.25, 0.3) is 5.91 Å². The molecule has 8 nitrogen and oxygen atoms in total. The van der Waals surface area contributed by atoms with E-state index in [0.717, 1.165) is 51.0 Å². The maximum absolute atomic E-state index is 13.3. The molecule has 3 N–H and O–H groups in total. The number of nitrogens with two attached hydrogens (primary N) is 1. The van der Waals surface area contributed by atoms with E-state index in [1.54, 1.807) is 18.3 Å². The maximum atomic E-state index is 13.3. The molecule has 4 aromatic rings. The molecule has 1 aliphatic carbocycles. The van der Waals surface area contributed by atoms with Crippen molar-refractivity contribution in [3.05, 3.63) is 102 Å². The minimum absolute atomic E-state index is 0.0953. The van der Waals surface area contributed by atoms with E-state index >= 15 is 0 Å². The van der Waals surface area contributed by atoms with Crippen LogP contribution in [-0.2, 0) is 11.3 Å². The first-order valence-corrected chi connectivity index (χ1v) is 15.8. The zero-order chi connectivity index (χ0) is 31.3. The number of rotatable bonds is 9. The summed E-state index contributed by atoms with van der Waals surface area (Å²) in [5.74, 6) is -0.730. The minimum atomic E-state index is -0.570. The Balaban J connectivity index is 1.03. The number of halogens is 1. The molecule has 2 aromatic carbocycles. The molecule has 2 aliphatic rings. The Morgan fingerprint density at radius 3 is 2.29 bits per heavy atom. The third kappa shape index (κ3) is 7.39. The summed E-state index contributed by atoms with van der Waals surface area (Å²) in [5, 5.41) is 3.11. The molecule has 234 valence electrons. The van der Waals surface area contributed by atoms with Gasteiger partial charge in [-0.25, -0.2) is 9.97 Å². The van der Waals surface area contributed by atoms with E-state index in [1.807, 2.05) is 0 Å². The molecule has 0 spiro atoms. The van der Waals surface area contributed by atoms with Crippen molar-refractivity contribution in [2.45, 2.75) is 51.0 Å². The monoisotopic (exact) mass is 608 g/mol. The first kappa shape index (κ1) is 30.8. The van der Waals surface area contributed by atoms with E-state index < -0.39 is 5.95 Å². The maximum Gasteiger partial charge on any atom is 0.255 e. The van der Waals surface area contributed by atoms with Crippen LogP contribution in [-0.4, -0.2) is 71.0 Å². The zero-order valence-corrected chi connectivity index (χ0v) is 26.0. The Kier molecular flexibility index (Phi) is 9.49. The number of piperazine rings is 1. The quantitative estimate of drug-likeness (QED) is 0.235. The second kappa shape index (κ2) is 13.9. The highest BCUT2D eigenvalue weighted by atomic mass is 19.1. The fraction of sp³-hybridized carbons (Fsp3) is 0.361. The normalized spacial score (nSPS) is 19.8. The summed E-state index contributed by atoms with van der Waals surface area (Å²) in [6.07, 6.45) is 5.53. The van der Waals surface area contributed by atoms with Crippen LogP contribution in [0.1, 0.15) is 53.7 Å². The van der Waals surface area contributed by atoms with Crippen LogP contribution in [0.3, 0.4) is 0 Å². The van der Waals surface area contributed by atoms with Gasteiger partial charge in [-0.1, -0.05) is 48.5 Å². The van der Waals surface area contributed by atoms with Gasteiger partial charge in [-0.15, -0.1) is 0 Å². The number of aromatic nitrogens is 2. The molecule has 2 fully saturated rings. The Labute approximate surface area is 264 Å². The molecule has 0 bridgehead atoms. The average Bonchev–Trinajstić information content (AvgIpc) is 3.51. The van der Waals surface area contributed by atoms with Crippen molar-refractivity contribution in [1.82, 2.24) is 25.1 Å². The number of amides is 1. The van der Waals surface area contributed by atoms with Crippen molar-refractivity contribution >= 4 is 11.7 Å². The average molecular weight is 609 g/mol. The van der Waals surface area contributed by atoms with E-state index in [4.69, 9.17) is 10.5 Å². The molecule has 3 atom stereocenters. The fourth-order valence-corrected chi connectivity index (χ4v) is 6.27. The van der Waals surface area contributed by atoms with Gasteiger partial charge in [0.05, 0.1) is 24.3 Å². The Hall–Kier alpha value is -4.18. The van der Waals surface area contributed by atoms with Crippen LogP contribution >= 0.6 is 0 Å². The number of anilines is 1. The smallest absolute Gasteiger partial charge is 0.255 e. The minimum Gasteiger partial charge on any atom is -0.383 e. The van der Waals surface area contributed by atoms with Crippen molar-refractivity contribution in [2.75, 3.05) is 39.0 Å². The summed E-state index contributed by atoms with van der Waals surface area (Å²) in [7, 11) is 2.19. The zero-order valence-electron chi connectivity index (χ0n) is 26.0. The lowest BCUT2D eigenvalue weighted by atomic mass is 9.99. The number of carbonyl (C=O) groups is 1. The van der Waals surface area contributed by atoms with Gasteiger partial charge in [-0.3, -0.25) is 9.69 Å². The molecule has 1 aliphatic heterocycles. The van der Waals surface area contributed by atoms with Crippen LogP contribution < -0.4 is 11.1 Å². The summed E-state index contributed by atoms with van der Waals surface area (Å²) < 4.78 is 19.6. The SMILES string of the molecule is CC(c1ccc(-c2ccc(CO[C@H]3CCC[C@@H]3NC(=O)c3cc(-c4ccc(F)nc4)cnc3N)cc2)cc1)N1CCN(C)CC1. The molecular weight excluding hydrogens is 567 g/mol. The summed E-state index contributed by atoms with van der Waals surface area (Å²) in [5.41, 5.74) is 12.4. The van der Waals surface area contributed by atoms with Crippen LogP contribution in [0, 0.1) is 5.95 Å². The van der Waals surface area contributed by atoms with Gasteiger partial charge in [-0.2, -0.15) is 4.39 Å². The summed E-state index contributed by atoms with van der Waals surface area (Å²) in [4.78, 5) is 26.1. The molecule has 9 heteroatoms. The topological polar surface area (TPSA) is 96.6 Å². The molecule has 1 saturated carbocycles. The predicted molar refractivity (Wildman–Crippen MR) is 175 cm³/mol. The van der Waals surface area contributed by atoms with E-state index in [1.165, 1.54) is 29.0 Å². The Morgan fingerprint density at radius 2 is 1.60 bits per heavy atom. The standard InChI is InChI=1S/C36H41FN6O2/c1-24(43-18-16-42(2)17-19-43)26-10-12-28(13-11-26)27-8-6-25(7-9-27)23-45-33-5-3-4-32(33)41-36(44)31-20-30(22-40-35(31)38)29-14-15-34(37)39-21-29/h6-15,20-22,24,32-33H,3-5,16-19,23H2,1-2H3,(H2,38,40)(H,41,44)/t24?,32-,33-/m0/s1. The second-order valence-corrected chi connectivity index (χ2v) is 12.2. The van der Waals surface area contributed by atoms with Gasteiger partial charge in [0, 0.05) is 55.7 Å². The van der Waals surface area contributed by atoms with Gasteiger partial charge in [0.2, 0.25) is 5.95 Å². The number of likely N-dealkylation sites (N-methyl/N-ethyl adjacent to an activating group) is 1. The molecule has 0 radical (unpaired) electrons. The highest BCUT2D eigenvalue weighted by Gasteiger charge is 2.30. The number of hydrogen-bond donors (Lipinski definition) is 2. The van der Waals surface area contributed by atoms with Crippen LogP contribution in [0.5, 0.6) is 0 Å². The predicted octanol–water partition coefficient (Wildman–Crippen LogP) is 5.71. The number of nitrogen functional groups attached to an aromatic ring is 1. The highest BCUT2D eigenvalue weighted by Crippen LogP contribution is 2.28. The number of nitrogens with zero attached hydrogens (tertiary/aromatic N) is 4. The van der Waals surface area contributed by atoms with E-state index in [2.05, 4.69) is 87.6 Å². The number of pyridine rings is 2. The molecule has 2 aromatic heterocycles. The van der Waals surface area contributed by atoms with Gasteiger partial charge in [-0.05, 0) is 73.7 Å². The van der Waals surface area contributed by atoms with E-state index in [0.29, 0.717) is 23.8 Å². The largest absolute Gasteiger partial charge is 0.383 e.